The van der Waals surface area contributed by atoms with Crippen molar-refractivity contribution in [3.05, 3.63) is 22.4 Å². The summed E-state index contributed by atoms with van der Waals surface area (Å²) in [6, 6.07) is 2.46. The summed E-state index contributed by atoms with van der Waals surface area (Å²) in [7, 11) is 1.80. The molecule has 2 atom stereocenters. The molecule has 2 unspecified atom stereocenters. The van der Waals surface area contributed by atoms with E-state index in [0.29, 0.717) is 31.0 Å². The number of nitrogens with zero attached hydrogens (tertiary/aromatic N) is 2. The lowest BCUT2D eigenvalue weighted by atomic mass is 9.93. The van der Waals surface area contributed by atoms with Crippen LogP contribution in [0.4, 0.5) is 0 Å². The molecule has 1 aliphatic carbocycles. The molecule has 1 N–H and O–H groups in total. The van der Waals surface area contributed by atoms with E-state index in [4.69, 9.17) is 0 Å². The van der Waals surface area contributed by atoms with Gasteiger partial charge in [-0.3, -0.25) is 9.59 Å². The third-order valence-corrected chi connectivity index (χ3v) is 6.76. The Kier molecular flexibility index (Phi) is 4.12. The van der Waals surface area contributed by atoms with Crippen LogP contribution in [0.15, 0.2) is 16.8 Å². The molecule has 1 saturated carbocycles. The van der Waals surface area contributed by atoms with Crippen LogP contribution < -0.4 is 5.32 Å². The lowest BCUT2D eigenvalue weighted by Crippen LogP contribution is -2.42. The Morgan fingerprint density at radius 3 is 2.88 bits per heavy atom. The predicted octanol–water partition coefficient (Wildman–Crippen LogP) is 1.70. The first-order chi connectivity index (χ1) is 11.6. The van der Waals surface area contributed by atoms with E-state index >= 15 is 0 Å². The van der Waals surface area contributed by atoms with Crippen LogP contribution in [0.2, 0.25) is 0 Å². The largest absolute Gasteiger partial charge is 0.345 e. The minimum absolute atomic E-state index is 0.0937. The standard InChI is InChI=1S/C18H25N3O2S/c1-20-11-14(8-16(20)22)17(23)21(10-13-2-7-24-12-13)15-9-18(15)3-5-19-6-4-18/h2,7,12,14-15,19H,3-6,8-11H2,1H3. The van der Waals surface area contributed by atoms with Gasteiger partial charge in [0.1, 0.15) is 0 Å². The molecule has 24 heavy (non-hydrogen) atoms. The number of piperidine rings is 1. The maximum atomic E-state index is 13.2. The number of rotatable bonds is 4. The zero-order valence-electron chi connectivity index (χ0n) is 14.2. The highest BCUT2D eigenvalue weighted by Crippen LogP contribution is 2.56. The monoisotopic (exact) mass is 347 g/mol. The second-order valence-electron chi connectivity index (χ2n) is 7.61. The topological polar surface area (TPSA) is 52.7 Å². The smallest absolute Gasteiger partial charge is 0.228 e. The molecule has 3 aliphatic rings. The van der Waals surface area contributed by atoms with Gasteiger partial charge in [-0.05, 0) is 60.2 Å². The van der Waals surface area contributed by atoms with E-state index in [1.165, 1.54) is 5.56 Å². The number of carbonyl (C=O) groups is 2. The van der Waals surface area contributed by atoms with Crippen molar-refractivity contribution < 1.29 is 9.59 Å². The first-order valence-corrected chi connectivity index (χ1v) is 9.80. The Labute approximate surface area is 147 Å². The summed E-state index contributed by atoms with van der Waals surface area (Å²) in [5, 5.41) is 7.62. The molecule has 4 rings (SSSR count). The van der Waals surface area contributed by atoms with Crippen LogP contribution in [0.5, 0.6) is 0 Å². The Hall–Kier alpha value is -1.40. The molecule has 1 aromatic rings. The Balaban J connectivity index is 1.52. The molecule has 1 spiro atoms. The molecule has 3 fully saturated rings. The summed E-state index contributed by atoms with van der Waals surface area (Å²) in [5.74, 6) is 0.107. The normalized spacial score (nSPS) is 28.4. The number of nitrogens with one attached hydrogen (secondary N) is 1. The molecule has 1 aromatic heterocycles. The third kappa shape index (κ3) is 2.86. The van der Waals surface area contributed by atoms with Crippen LogP contribution in [0.1, 0.15) is 31.2 Å². The van der Waals surface area contributed by atoms with Crippen LogP contribution in [0, 0.1) is 11.3 Å². The summed E-state index contributed by atoms with van der Waals surface area (Å²) >= 11 is 1.68. The van der Waals surface area contributed by atoms with E-state index < -0.39 is 0 Å². The van der Waals surface area contributed by atoms with Gasteiger partial charge in [0.2, 0.25) is 11.8 Å². The van der Waals surface area contributed by atoms with Crippen LogP contribution in [0.25, 0.3) is 0 Å². The molecule has 2 saturated heterocycles. The van der Waals surface area contributed by atoms with Gasteiger partial charge < -0.3 is 15.1 Å². The summed E-state index contributed by atoms with van der Waals surface area (Å²) in [4.78, 5) is 28.9. The van der Waals surface area contributed by atoms with Crippen LogP contribution >= 0.6 is 11.3 Å². The molecular weight excluding hydrogens is 322 g/mol. The molecule has 5 nitrogen and oxygen atoms in total. The zero-order chi connectivity index (χ0) is 16.7. The first kappa shape index (κ1) is 16.1. The van der Waals surface area contributed by atoms with Gasteiger partial charge in [0.15, 0.2) is 0 Å². The van der Waals surface area contributed by atoms with Gasteiger partial charge in [0.05, 0.1) is 5.92 Å². The van der Waals surface area contributed by atoms with Crippen molar-refractivity contribution in [1.29, 1.82) is 0 Å². The number of amides is 2. The summed E-state index contributed by atoms with van der Waals surface area (Å²) in [6.07, 6.45) is 3.82. The fourth-order valence-electron chi connectivity index (χ4n) is 4.41. The van der Waals surface area contributed by atoms with E-state index in [9.17, 15) is 9.59 Å². The van der Waals surface area contributed by atoms with Crippen molar-refractivity contribution in [2.45, 2.75) is 38.3 Å². The minimum Gasteiger partial charge on any atom is -0.345 e. The summed E-state index contributed by atoms with van der Waals surface area (Å²) < 4.78 is 0. The Bertz CT molecular complexity index is 624. The van der Waals surface area contributed by atoms with Crippen molar-refractivity contribution in [3.63, 3.8) is 0 Å². The second-order valence-corrected chi connectivity index (χ2v) is 8.39. The van der Waals surface area contributed by atoms with Crippen molar-refractivity contribution in [1.82, 2.24) is 15.1 Å². The molecule has 0 aromatic carbocycles. The van der Waals surface area contributed by atoms with Gasteiger partial charge in [-0.2, -0.15) is 11.3 Å². The number of hydrogen-bond donors (Lipinski definition) is 1. The van der Waals surface area contributed by atoms with Gasteiger partial charge in [-0.15, -0.1) is 0 Å². The Morgan fingerprint density at radius 2 is 2.25 bits per heavy atom. The van der Waals surface area contributed by atoms with Crippen molar-refractivity contribution in [2.24, 2.45) is 11.3 Å². The van der Waals surface area contributed by atoms with Gasteiger partial charge in [-0.1, -0.05) is 0 Å². The average Bonchev–Trinajstić information content (AvgIpc) is 2.92. The van der Waals surface area contributed by atoms with E-state index in [-0.39, 0.29) is 17.7 Å². The molecular formula is C18H25N3O2S. The van der Waals surface area contributed by atoms with E-state index in [1.54, 1.807) is 23.3 Å². The van der Waals surface area contributed by atoms with E-state index in [1.807, 2.05) is 0 Å². The molecule has 0 bridgehead atoms. The molecule has 2 amide bonds. The number of hydrogen-bond acceptors (Lipinski definition) is 4. The summed E-state index contributed by atoms with van der Waals surface area (Å²) in [5.41, 5.74) is 1.54. The number of carbonyl (C=O) groups excluding carboxylic acids is 2. The van der Waals surface area contributed by atoms with Gasteiger partial charge in [-0.25, -0.2) is 0 Å². The third-order valence-electron chi connectivity index (χ3n) is 6.03. The van der Waals surface area contributed by atoms with Crippen LogP contribution in [-0.4, -0.2) is 54.3 Å². The van der Waals surface area contributed by atoms with Crippen molar-refractivity contribution in [3.8, 4) is 0 Å². The quantitative estimate of drug-likeness (QED) is 0.902. The Morgan fingerprint density at radius 1 is 1.46 bits per heavy atom. The van der Waals surface area contributed by atoms with Gasteiger partial charge >= 0.3 is 0 Å². The highest BCUT2D eigenvalue weighted by molar-refractivity contribution is 7.07. The highest BCUT2D eigenvalue weighted by atomic mass is 32.1. The highest BCUT2D eigenvalue weighted by Gasteiger charge is 2.58. The van der Waals surface area contributed by atoms with Crippen molar-refractivity contribution >= 4 is 23.2 Å². The van der Waals surface area contributed by atoms with E-state index in [2.05, 4.69) is 27.0 Å². The second kappa shape index (κ2) is 6.15. The zero-order valence-corrected chi connectivity index (χ0v) is 15.0. The van der Waals surface area contributed by atoms with Crippen LogP contribution in [-0.2, 0) is 16.1 Å². The molecule has 2 aliphatic heterocycles. The first-order valence-electron chi connectivity index (χ1n) is 8.85. The fraction of sp³-hybridized carbons (Fsp3) is 0.667. The predicted molar refractivity (Wildman–Crippen MR) is 93.6 cm³/mol. The fourth-order valence-corrected chi connectivity index (χ4v) is 5.07. The average molecular weight is 347 g/mol. The lowest BCUT2D eigenvalue weighted by Gasteiger charge is -2.31. The van der Waals surface area contributed by atoms with Crippen LogP contribution in [0.3, 0.4) is 0 Å². The van der Waals surface area contributed by atoms with Crippen molar-refractivity contribution in [2.75, 3.05) is 26.7 Å². The maximum absolute atomic E-state index is 13.2. The number of likely N-dealkylation sites (tertiary alicyclic amines) is 1. The summed E-state index contributed by atoms with van der Waals surface area (Å²) in [6.45, 7) is 3.37. The molecule has 130 valence electrons. The number of thiophene rings is 1. The molecule has 6 heteroatoms. The lowest BCUT2D eigenvalue weighted by molar-refractivity contribution is -0.137. The minimum atomic E-state index is -0.166. The SMILES string of the molecule is CN1CC(C(=O)N(Cc2ccsc2)C2CC23CCNCC3)CC1=O. The maximum Gasteiger partial charge on any atom is 0.228 e. The van der Waals surface area contributed by atoms with Gasteiger partial charge in [0.25, 0.3) is 0 Å². The molecule has 0 radical (unpaired) electrons. The van der Waals surface area contributed by atoms with E-state index in [0.717, 1.165) is 32.4 Å². The van der Waals surface area contributed by atoms with Gasteiger partial charge in [0, 0.05) is 32.6 Å². The molecule has 3 heterocycles.